The maximum atomic E-state index is 12.1. The molecule has 0 bridgehead atoms. The van der Waals surface area contributed by atoms with E-state index in [9.17, 15) is 9.59 Å². The minimum atomic E-state index is -0.747. The number of rotatable bonds is 0. The van der Waals surface area contributed by atoms with Crippen LogP contribution in [0.5, 0.6) is 0 Å². The van der Waals surface area contributed by atoms with Gasteiger partial charge in [-0.05, 0) is 18.1 Å². The molecule has 5 heteroatoms. The summed E-state index contributed by atoms with van der Waals surface area (Å²) in [5.41, 5.74) is 6.97. The van der Waals surface area contributed by atoms with Crippen molar-refractivity contribution in [3.8, 4) is 0 Å². The second kappa shape index (κ2) is 3.35. The summed E-state index contributed by atoms with van der Waals surface area (Å²) >= 11 is 0. The highest BCUT2D eigenvalue weighted by atomic mass is 16.2. The lowest BCUT2D eigenvalue weighted by atomic mass is 10.1. The van der Waals surface area contributed by atoms with E-state index < -0.39 is 6.03 Å². The molecule has 1 aromatic carbocycles. The maximum Gasteiger partial charge on any atom is 0.326 e. The van der Waals surface area contributed by atoms with Gasteiger partial charge in [-0.2, -0.15) is 0 Å². The molecule has 0 radical (unpaired) electrons. The zero-order valence-electron chi connectivity index (χ0n) is 9.06. The molecule has 5 nitrogen and oxygen atoms in total. The number of primary amides is 1. The number of benzene rings is 1. The van der Waals surface area contributed by atoms with E-state index in [1.165, 1.54) is 0 Å². The summed E-state index contributed by atoms with van der Waals surface area (Å²) < 4.78 is 1.02. The minimum absolute atomic E-state index is 0.358. The molecule has 3 rings (SSSR count). The van der Waals surface area contributed by atoms with Crippen LogP contribution in [-0.4, -0.2) is 17.1 Å². The van der Waals surface area contributed by atoms with E-state index in [-0.39, 0.29) is 5.56 Å². The average Bonchev–Trinajstić information content (AvgIpc) is 2.78. The summed E-state index contributed by atoms with van der Waals surface area (Å²) in [7, 11) is 0. The number of nitrogens with two attached hydrogens (primary N) is 1. The second-order valence-electron chi connectivity index (χ2n) is 4.03. The predicted octanol–water partition coefficient (Wildman–Crippen LogP) is 0.896. The molecule has 1 aliphatic heterocycles. The maximum absolute atomic E-state index is 12.1. The number of nitrogens with one attached hydrogen (secondary N) is 1. The summed E-state index contributed by atoms with van der Waals surface area (Å²) in [6.07, 6.45) is 0.796. The van der Waals surface area contributed by atoms with Gasteiger partial charge in [-0.15, -0.1) is 0 Å². The predicted molar refractivity (Wildman–Crippen MR) is 65.4 cm³/mol. The Bertz CT molecular complexity index is 688. The van der Waals surface area contributed by atoms with Crippen molar-refractivity contribution in [1.82, 2.24) is 4.57 Å². The molecule has 1 aliphatic rings. The smallest absolute Gasteiger partial charge is 0.326 e. The number of para-hydroxylation sites is 1. The van der Waals surface area contributed by atoms with Crippen LogP contribution in [0.1, 0.15) is 5.56 Å². The van der Waals surface area contributed by atoms with Crippen LogP contribution in [0.15, 0.2) is 29.1 Å². The molecule has 0 saturated heterocycles. The zero-order valence-corrected chi connectivity index (χ0v) is 9.06. The van der Waals surface area contributed by atoms with Gasteiger partial charge in [0.25, 0.3) is 5.56 Å². The number of nitrogens with zero attached hydrogens (tertiary/aromatic N) is 1. The van der Waals surface area contributed by atoms with E-state index in [0.717, 1.165) is 28.5 Å². The SMILES string of the molecule is NC(=O)n1c(=O)c2c(c3ccccc31)CCN2. The molecule has 86 valence electrons. The van der Waals surface area contributed by atoms with Gasteiger partial charge in [-0.25, -0.2) is 9.36 Å². The molecule has 0 atom stereocenters. The number of hydrogen-bond donors (Lipinski definition) is 2. The molecule has 17 heavy (non-hydrogen) atoms. The van der Waals surface area contributed by atoms with Gasteiger partial charge in [0, 0.05) is 11.9 Å². The van der Waals surface area contributed by atoms with Crippen molar-refractivity contribution < 1.29 is 4.79 Å². The Morgan fingerprint density at radius 3 is 2.88 bits per heavy atom. The quantitative estimate of drug-likeness (QED) is 0.704. The highest BCUT2D eigenvalue weighted by molar-refractivity contribution is 5.95. The van der Waals surface area contributed by atoms with Crippen LogP contribution >= 0.6 is 0 Å². The molecule has 1 aromatic heterocycles. The Hall–Kier alpha value is -2.30. The lowest BCUT2D eigenvalue weighted by molar-refractivity contribution is 0.250. The van der Waals surface area contributed by atoms with Gasteiger partial charge in [0.15, 0.2) is 0 Å². The fraction of sp³-hybridized carbons (Fsp3) is 0.167. The Kier molecular flexibility index (Phi) is 1.95. The molecular formula is C12H11N3O2. The van der Waals surface area contributed by atoms with Crippen molar-refractivity contribution in [1.29, 1.82) is 0 Å². The van der Waals surface area contributed by atoms with Gasteiger partial charge in [0.2, 0.25) is 0 Å². The van der Waals surface area contributed by atoms with Crippen molar-refractivity contribution in [3.05, 3.63) is 40.2 Å². The number of anilines is 1. The van der Waals surface area contributed by atoms with Gasteiger partial charge in [0.05, 0.1) is 5.52 Å². The van der Waals surface area contributed by atoms with Gasteiger partial charge in [0.1, 0.15) is 5.69 Å². The summed E-state index contributed by atoms with van der Waals surface area (Å²) in [5, 5.41) is 3.92. The zero-order chi connectivity index (χ0) is 12.0. The third-order valence-electron chi connectivity index (χ3n) is 3.09. The molecule has 3 N–H and O–H groups in total. The first-order chi connectivity index (χ1) is 8.20. The van der Waals surface area contributed by atoms with E-state index in [2.05, 4.69) is 5.32 Å². The fourth-order valence-electron chi connectivity index (χ4n) is 2.38. The van der Waals surface area contributed by atoms with Gasteiger partial charge in [-0.3, -0.25) is 4.79 Å². The van der Waals surface area contributed by atoms with E-state index in [1.807, 2.05) is 12.1 Å². The Morgan fingerprint density at radius 1 is 1.35 bits per heavy atom. The molecular weight excluding hydrogens is 218 g/mol. The summed E-state index contributed by atoms with van der Waals surface area (Å²) in [6, 6.07) is 6.56. The van der Waals surface area contributed by atoms with Crippen LogP contribution < -0.4 is 16.6 Å². The Morgan fingerprint density at radius 2 is 2.12 bits per heavy atom. The van der Waals surface area contributed by atoms with Crippen LogP contribution in [0.2, 0.25) is 0 Å². The Balaban J connectivity index is 2.56. The van der Waals surface area contributed by atoms with Crippen LogP contribution in [0.3, 0.4) is 0 Å². The molecule has 2 aromatic rings. The van der Waals surface area contributed by atoms with E-state index in [1.54, 1.807) is 12.1 Å². The van der Waals surface area contributed by atoms with E-state index >= 15 is 0 Å². The first-order valence-electron chi connectivity index (χ1n) is 5.40. The largest absolute Gasteiger partial charge is 0.380 e. The lowest BCUT2D eigenvalue weighted by Crippen LogP contribution is -2.33. The van der Waals surface area contributed by atoms with Crippen molar-refractivity contribution >= 4 is 22.6 Å². The average molecular weight is 229 g/mol. The van der Waals surface area contributed by atoms with Crippen LogP contribution in [0.4, 0.5) is 10.5 Å². The molecule has 2 heterocycles. The fourth-order valence-corrected chi connectivity index (χ4v) is 2.38. The molecule has 0 saturated carbocycles. The number of carbonyl (C=O) groups is 1. The van der Waals surface area contributed by atoms with Crippen molar-refractivity contribution in [2.75, 3.05) is 11.9 Å². The second-order valence-corrected chi connectivity index (χ2v) is 4.03. The highest BCUT2D eigenvalue weighted by Crippen LogP contribution is 2.26. The third-order valence-corrected chi connectivity index (χ3v) is 3.09. The summed E-state index contributed by atoms with van der Waals surface area (Å²) in [6.45, 7) is 0.720. The molecule has 1 amide bonds. The number of hydrogen-bond acceptors (Lipinski definition) is 3. The first kappa shape index (κ1) is 9.89. The number of fused-ring (bicyclic) bond motifs is 3. The van der Waals surface area contributed by atoms with Crippen molar-refractivity contribution in [2.45, 2.75) is 6.42 Å². The summed E-state index contributed by atoms with van der Waals surface area (Å²) in [4.78, 5) is 23.5. The van der Waals surface area contributed by atoms with Crippen LogP contribution in [0, 0.1) is 0 Å². The third kappa shape index (κ3) is 1.25. The van der Waals surface area contributed by atoms with Gasteiger partial charge < -0.3 is 11.1 Å². The molecule has 0 unspecified atom stereocenters. The van der Waals surface area contributed by atoms with Gasteiger partial charge in [-0.1, -0.05) is 18.2 Å². The number of pyridine rings is 1. The molecule has 0 spiro atoms. The van der Waals surface area contributed by atoms with E-state index in [0.29, 0.717) is 11.2 Å². The van der Waals surface area contributed by atoms with Crippen molar-refractivity contribution in [2.24, 2.45) is 5.73 Å². The normalized spacial score (nSPS) is 13.4. The first-order valence-corrected chi connectivity index (χ1v) is 5.40. The topological polar surface area (TPSA) is 77.1 Å². The van der Waals surface area contributed by atoms with Crippen molar-refractivity contribution in [3.63, 3.8) is 0 Å². The van der Waals surface area contributed by atoms with E-state index in [4.69, 9.17) is 5.73 Å². The monoisotopic (exact) mass is 229 g/mol. The lowest BCUT2D eigenvalue weighted by Gasteiger charge is -2.10. The highest BCUT2D eigenvalue weighted by Gasteiger charge is 2.21. The molecule has 0 aliphatic carbocycles. The standard InChI is InChI=1S/C12H11N3O2/c13-12(17)15-9-4-2-1-3-7(9)8-5-6-14-10(8)11(15)16/h1-4,14H,5-6H2,(H2,13,17). The van der Waals surface area contributed by atoms with Crippen LogP contribution in [0.25, 0.3) is 10.9 Å². The Labute approximate surface area is 96.8 Å². The number of carbonyl (C=O) groups excluding carboxylic acids is 1. The molecule has 0 fully saturated rings. The van der Waals surface area contributed by atoms with Crippen LogP contribution in [-0.2, 0) is 6.42 Å². The number of amides is 1. The number of aromatic nitrogens is 1. The van der Waals surface area contributed by atoms with Gasteiger partial charge >= 0.3 is 6.03 Å². The summed E-state index contributed by atoms with van der Waals surface area (Å²) in [5.74, 6) is 0. The minimum Gasteiger partial charge on any atom is -0.380 e.